The Morgan fingerprint density at radius 1 is 0.708 bits per heavy atom. The van der Waals surface area contributed by atoms with E-state index in [4.69, 9.17) is 0 Å². The summed E-state index contributed by atoms with van der Waals surface area (Å²) in [5, 5.41) is 13.4. The summed E-state index contributed by atoms with van der Waals surface area (Å²) in [4.78, 5) is 0. The molecule has 0 bridgehead atoms. The molecule has 2 unspecified atom stereocenters. The van der Waals surface area contributed by atoms with E-state index < -0.39 is 0 Å². The van der Waals surface area contributed by atoms with E-state index in [-0.39, 0.29) is 6.17 Å². The van der Waals surface area contributed by atoms with Crippen molar-refractivity contribution in [2.45, 2.75) is 26.2 Å². The minimum atomic E-state index is 0.177. The Labute approximate surface area is 142 Å². The lowest BCUT2D eigenvalue weighted by Gasteiger charge is -2.14. The highest BCUT2D eigenvalue weighted by molar-refractivity contribution is 5.70. The van der Waals surface area contributed by atoms with Crippen molar-refractivity contribution in [3.8, 4) is 11.1 Å². The summed E-state index contributed by atoms with van der Waals surface area (Å²) in [6, 6.07) is 17.4. The van der Waals surface area contributed by atoms with Crippen molar-refractivity contribution in [3.63, 3.8) is 0 Å². The van der Waals surface area contributed by atoms with E-state index in [0.29, 0.717) is 6.17 Å². The first-order valence-corrected chi connectivity index (χ1v) is 8.32. The first-order valence-electron chi connectivity index (χ1n) is 8.32. The van der Waals surface area contributed by atoms with Gasteiger partial charge in [0.1, 0.15) is 6.17 Å². The van der Waals surface area contributed by atoms with Gasteiger partial charge in [0.2, 0.25) is 0 Å². The second-order valence-corrected chi connectivity index (χ2v) is 6.36. The van der Waals surface area contributed by atoms with Gasteiger partial charge in [0.25, 0.3) is 0 Å². The highest BCUT2D eigenvalue weighted by atomic mass is 15.2. The van der Waals surface area contributed by atoms with Gasteiger partial charge < -0.3 is 21.3 Å². The Hall–Kier alpha value is -2.88. The van der Waals surface area contributed by atoms with Crippen molar-refractivity contribution >= 4 is 5.70 Å². The quantitative estimate of drug-likeness (QED) is 0.702. The molecule has 2 aliphatic heterocycles. The zero-order valence-corrected chi connectivity index (χ0v) is 13.9. The van der Waals surface area contributed by atoms with Crippen LogP contribution in [0.15, 0.2) is 66.6 Å². The fourth-order valence-corrected chi connectivity index (χ4v) is 3.10. The molecule has 0 spiro atoms. The van der Waals surface area contributed by atoms with Crippen LogP contribution in [0.5, 0.6) is 0 Å². The minimum absolute atomic E-state index is 0.177. The monoisotopic (exact) mass is 318 g/mol. The largest absolute Gasteiger partial charge is 0.370 e. The van der Waals surface area contributed by atoms with Crippen molar-refractivity contribution in [1.29, 1.82) is 0 Å². The molecule has 2 aliphatic rings. The van der Waals surface area contributed by atoms with Gasteiger partial charge >= 0.3 is 0 Å². The highest BCUT2D eigenvalue weighted by Crippen LogP contribution is 2.25. The number of benzene rings is 2. The molecule has 4 heteroatoms. The molecule has 4 N–H and O–H groups in total. The summed E-state index contributed by atoms with van der Waals surface area (Å²) in [6.07, 6.45) is 4.52. The molecule has 2 atom stereocenters. The molecule has 0 saturated heterocycles. The van der Waals surface area contributed by atoms with Crippen LogP contribution in [0.25, 0.3) is 16.8 Å². The van der Waals surface area contributed by atoms with Crippen molar-refractivity contribution < 1.29 is 0 Å². The van der Waals surface area contributed by atoms with Crippen molar-refractivity contribution in [2.24, 2.45) is 0 Å². The SMILES string of the molecule is CC1=CNC(c2ccc(-c3ccc(C4=CNC(C)N4)cc3)cc2)N1. The average Bonchev–Trinajstić information content (AvgIpc) is 3.24. The van der Waals surface area contributed by atoms with Gasteiger partial charge in [0.15, 0.2) is 0 Å². The summed E-state index contributed by atoms with van der Waals surface area (Å²) in [7, 11) is 0. The van der Waals surface area contributed by atoms with E-state index in [1.807, 2.05) is 12.4 Å². The van der Waals surface area contributed by atoms with Crippen LogP contribution in [0.4, 0.5) is 0 Å². The topological polar surface area (TPSA) is 48.1 Å². The normalized spacial score (nSPS) is 21.9. The molecule has 2 heterocycles. The van der Waals surface area contributed by atoms with Gasteiger partial charge in [-0.3, -0.25) is 0 Å². The van der Waals surface area contributed by atoms with Crippen LogP contribution in [0.3, 0.4) is 0 Å². The molecule has 0 fully saturated rings. The van der Waals surface area contributed by atoms with Gasteiger partial charge in [-0.1, -0.05) is 48.5 Å². The number of nitrogens with one attached hydrogen (secondary N) is 4. The van der Waals surface area contributed by atoms with Gasteiger partial charge in [-0.15, -0.1) is 0 Å². The van der Waals surface area contributed by atoms with E-state index in [1.165, 1.54) is 28.0 Å². The summed E-state index contributed by atoms with van der Waals surface area (Å²) in [6.45, 7) is 4.17. The Morgan fingerprint density at radius 3 is 1.88 bits per heavy atom. The molecular formula is C20H22N4. The smallest absolute Gasteiger partial charge is 0.122 e. The van der Waals surface area contributed by atoms with Crippen LogP contribution in [-0.4, -0.2) is 6.17 Å². The van der Waals surface area contributed by atoms with E-state index in [9.17, 15) is 0 Å². The Kier molecular flexibility index (Phi) is 3.65. The van der Waals surface area contributed by atoms with Gasteiger partial charge in [0, 0.05) is 18.1 Å². The standard InChI is InChI=1S/C20H22N4/c1-13-11-22-20(23-13)18-9-5-16(6-10-18)15-3-7-17(8-4-15)19-12-21-14(2)24-19/h3-12,14,20-24H,1-2H3. The maximum absolute atomic E-state index is 3.40. The van der Waals surface area contributed by atoms with Crippen molar-refractivity contribution in [2.75, 3.05) is 0 Å². The molecule has 0 aromatic heterocycles. The lowest BCUT2D eigenvalue weighted by atomic mass is 10.0. The Bertz CT molecular complexity index is 787. The van der Waals surface area contributed by atoms with Crippen molar-refractivity contribution in [3.05, 3.63) is 77.8 Å². The molecular weight excluding hydrogens is 296 g/mol. The fraction of sp³-hybridized carbons (Fsp3) is 0.200. The van der Waals surface area contributed by atoms with E-state index in [1.54, 1.807) is 0 Å². The molecule has 0 amide bonds. The van der Waals surface area contributed by atoms with Crippen LogP contribution >= 0.6 is 0 Å². The van der Waals surface area contributed by atoms with Crippen LogP contribution in [0, 0.1) is 0 Å². The third-order valence-corrected chi connectivity index (χ3v) is 4.46. The first kappa shape index (κ1) is 14.7. The van der Waals surface area contributed by atoms with E-state index >= 15 is 0 Å². The van der Waals surface area contributed by atoms with E-state index in [0.717, 1.165) is 5.70 Å². The van der Waals surface area contributed by atoms with Crippen molar-refractivity contribution in [1.82, 2.24) is 21.3 Å². The fourth-order valence-electron chi connectivity index (χ4n) is 3.10. The summed E-state index contributed by atoms with van der Waals surface area (Å²) >= 11 is 0. The van der Waals surface area contributed by atoms with Gasteiger partial charge in [-0.25, -0.2) is 0 Å². The first-order chi connectivity index (χ1) is 11.7. The Balaban J connectivity index is 1.50. The molecule has 24 heavy (non-hydrogen) atoms. The lowest BCUT2D eigenvalue weighted by molar-refractivity contribution is 0.595. The summed E-state index contributed by atoms with van der Waals surface area (Å²) < 4.78 is 0. The molecule has 2 aromatic carbocycles. The van der Waals surface area contributed by atoms with E-state index in [2.05, 4.69) is 83.6 Å². The second-order valence-electron chi connectivity index (χ2n) is 6.36. The molecule has 0 saturated carbocycles. The summed E-state index contributed by atoms with van der Waals surface area (Å²) in [5.74, 6) is 0. The van der Waals surface area contributed by atoms with Gasteiger partial charge in [-0.2, -0.15) is 0 Å². The molecule has 4 nitrogen and oxygen atoms in total. The maximum atomic E-state index is 3.40. The van der Waals surface area contributed by atoms with Crippen LogP contribution in [0.1, 0.15) is 31.1 Å². The van der Waals surface area contributed by atoms with Gasteiger partial charge in [0.05, 0.1) is 11.9 Å². The second kappa shape index (κ2) is 5.96. The van der Waals surface area contributed by atoms with Crippen LogP contribution < -0.4 is 21.3 Å². The molecule has 0 radical (unpaired) electrons. The van der Waals surface area contributed by atoms with Crippen LogP contribution in [0.2, 0.25) is 0 Å². The molecule has 4 rings (SSSR count). The molecule has 2 aromatic rings. The zero-order valence-electron chi connectivity index (χ0n) is 13.9. The molecule has 0 aliphatic carbocycles. The number of rotatable bonds is 3. The Morgan fingerprint density at radius 2 is 1.33 bits per heavy atom. The summed E-state index contributed by atoms with van der Waals surface area (Å²) in [5.41, 5.74) is 7.21. The maximum Gasteiger partial charge on any atom is 0.122 e. The predicted molar refractivity (Wildman–Crippen MR) is 98.4 cm³/mol. The number of hydrogen-bond acceptors (Lipinski definition) is 4. The number of hydrogen-bond donors (Lipinski definition) is 4. The molecule has 122 valence electrons. The third-order valence-electron chi connectivity index (χ3n) is 4.46. The lowest BCUT2D eigenvalue weighted by Crippen LogP contribution is -2.27. The highest BCUT2D eigenvalue weighted by Gasteiger charge is 2.14. The zero-order chi connectivity index (χ0) is 16.5. The minimum Gasteiger partial charge on any atom is -0.370 e. The third kappa shape index (κ3) is 2.83. The number of allylic oxidation sites excluding steroid dienone is 1. The average molecular weight is 318 g/mol. The van der Waals surface area contributed by atoms with Crippen LogP contribution in [-0.2, 0) is 0 Å². The van der Waals surface area contributed by atoms with Gasteiger partial charge in [-0.05, 0) is 36.1 Å². The predicted octanol–water partition coefficient (Wildman–Crippen LogP) is 3.24.